The Morgan fingerprint density at radius 2 is 1.87 bits per heavy atom. The van der Waals surface area contributed by atoms with Crippen LogP contribution in [-0.4, -0.2) is 31.6 Å². The van der Waals surface area contributed by atoms with Gasteiger partial charge in [-0.05, 0) is 31.5 Å². The number of carbonyl (C=O) groups is 1. The molecule has 2 aromatic carbocycles. The van der Waals surface area contributed by atoms with E-state index in [1.165, 1.54) is 11.6 Å². The summed E-state index contributed by atoms with van der Waals surface area (Å²) in [5, 5.41) is 3.97. The van der Waals surface area contributed by atoms with E-state index in [2.05, 4.69) is 29.6 Å². The van der Waals surface area contributed by atoms with Crippen molar-refractivity contribution in [3.05, 3.63) is 75.6 Å². The Bertz CT molecular complexity index is 1120. The molecule has 3 aromatic rings. The Morgan fingerprint density at radius 3 is 2.61 bits per heavy atom. The van der Waals surface area contributed by atoms with Crippen molar-refractivity contribution < 1.29 is 18.8 Å². The maximum atomic E-state index is 12.4. The van der Waals surface area contributed by atoms with Gasteiger partial charge in [0, 0.05) is 41.5 Å². The highest BCUT2D eigenvalue weighted by atomic mass is 16.5. The van der Waals surface area contributed by atoms with E-state index in [4.69, 9.17) is 9.15 Å². The van der Waals surface area contributed by atoms with E-state index in [0.717, 1.165) is 49.0 Å². The van der Waals surface area contributed by atoms with Gasteiger partial charge in [-0.2, -0.15) is 0 Å². The average molecular weight is 422 g/mol. The minimum Gasteiger partial charge on any atom is -0.483 e. The Morgan fingerprint density at radius 1 is 1.13 bits per heavy atom. The van der Waals surface area contributed by atoms with Crippen LogP contribution in [0.25, 0.3) is 11.0 Å². The van der Waals surface area contributed by atoms with Gasteiger partial charge >= 0.3 is 5.63 Å². The molecule has 0 saturated carbocycles. The summed E-state index contributed by atoms with van der Waals surface area (Å²) in [7, 11) is 0. The van der Waals surface area contributed by atoms with Crippen LogP contribution in [0, 0.1) is 13.8 Å². The zero-order valence-electron chi connectivity index (χ0n) is 18.1. The standard InChI is InChI=1S/C25H28N2O4/c1-17-14-24(29)31-25-18(2)22(9-8-21(17)25)30-16-23(28)26-20-10-12-27(13-11-20)15-19-6-4-3-5-7-19/h3-9,14,20H,10-13,15-16H2,1-2H3,(H,26,28)/p+1. The highest BCUT2D eigenvalue weighted by Crippen LogP contribution is 2.28. The molecule has 2 N–H and O–H groups in total. The molecule has 0 atom stereocenters. The zero-order valence-corrected chi connectivity index (χ0v) is 18.1. The molecule has 0 aliphatic carbocycles. The molecule has 0 spiro atoms. The molecule has 0 radical (unpaired) electrons. The molecular weight excluding hydrogens is 392 g/mol. The summed E-state index contributed by atoms with van der Waals surface area (Å²) < 4.78 is 11.1. The second kappa shape index (κ2) is 9.35. The molecule has 2 heterocycles. The summed E-state index contributed by atoms with van der Waals surface area (Å²) in [6.45, 7) is 6.77. The Labute approximate surface area is 181 Å². The van der Waals surface area contributed by atoms with Crippen molar-refractivity contribution in [2.24, 2.45) is 0 Å². The number of aryl methyl sites for hydroxylation is 2. The summed E-state index contributed by atoms with van der Waals surface area (Å²) in [6.07, 6.45) is 1.93. The molecule has 0 unspecified atom stereocenters. The molecule has 1 amide bonds. The number of likely N-dealkylation sites (tertiary alicyclic amines) is 1. The van der Waals surface area contributed by atoms with Crippen molar-refractivity contribution >= 4 is 16.9 Å². The maximum Gasteiger partial charge on any atom is 0.336 e. The van der Waals surface area contributed by atoms with E-state index >= 15 is 0 Å². The van der Waals surface area contributed by atoms with Gasteiger partial charge in [-0.25, -0.2) is 4.79 Å². The van der Waals surface area contributed by atoms with Gasteiger partial charge in [0.25, 0.3) is 5.91 Å². The highest BCUT2D eigenvalue weighted by Gasteiger charge is 2.23. The number of hydrogen-bond donors (Lipinski definition) is 2. The third-order valence-electron chi connectivity index (χ3n) is 6.03. The minimum atomic E-state index is -0.385. The molecule has 31 heavy (non-hydrogen) atoms. The fourth-order valence-electron chi connectivity index (χ4n) is 4.30. The molecule has 4 rings (SSSR count). The third kappa shape index (κ3) is 5.14. The van der Waals surface area contributed by atoms with E-state index in [-0.39, 0.29) is 24.2 Å². The lowest BCUT2D eigenvalue weighted by Gasteiger charge is -2.29. The van der Waals surface area contributed by atoms with E-state index in [1.54, 1.807) is 4.90 Å². The van der Waals surface area contributed by atoms with Crippen molar-refractivity contribution in [1.29, 1.82) is 0 Å². The van der Waals surface area contributed by atoms with Gasteiger partial charge in [0.1, 0.15) is 17.9 Å². The molecule has 1 fully saturated rings. The monoisotopic (exact) mass is 421 g/mol. The van der Waals surface area contributed by atoms with E-state index in [9.17, 15) is 9.59 Å². The molecule has 1 saturated heterocycles. The lowest BCUT2D eigenvalue weighted by molar-refractivity contribution is -0.918. The van der Waals surface area contributed by atoms with Crippen molar-refractivity contribution in [3.8, 4) is 5.75 Å². The van der Waals surface area contributed by atoms with Gasteiger partial charge in [0.05, 0.1) is 13.1 Å². The number of benzene rings is 2. The van der Waals surface area contributed by atoms with E-state index in [1.807, 2.05) is 32.0 Å². The predicted molar refractivity (Wildman–Crippen MR) is 119 cm³/mol. The van der Waals surface area contributed by atoms with Crippen LogP contribution in [0.15, 0.2) is 57.7 Å². The first kappa shape index (κ1) is 21.1. The van der Waals surface area contributed by atoms with Crippen molar-refractivity contribution in [2.75, 3.05) is 19.7 Å². The minimum absolute atomic E-state index is 0.0561. The number of carbonyl (C=O) groups excluding carboxylic acids is 1. The number of quaternary nitrogens is 1. The molecule has 6 nitrogen and oxygen atoms in total. The van der Waals surface area contributed by atoms with Gasteiger partial charge in [-0.3, -0.25) is 4.79 Å². The fourth-order valence-corrected chi connectivity index (χ4v) is 4.30. The summed E-state index contributed by atoms with van der Waals surface area (Å²) in [5.41, 5.74) is 3.06. The first-order valence-electron chi connectivity index (χ1n) is 10.8. The second-order valence-electron chi connectivity index (χ2n) is 8.36. The fraction of sp³-hybridized carbons (Fsp3) is 0.360. The Kier molecular flexibility index (Phi) is 6.37. The summed E-state index contributed by atoms with van der Waals surface area (Å²) in [4.78, 5) is 25.7. The predicted octanol–water partition coefficient (Wildman–Crippen LogP) is 2.15. The van der Waals surface area contributed by atoms with Gasteiger partial charge in [0.2, 0.25) is 0 Å². The van der Waals surface area contributed by atoms with Crippen LogP contribution in [0.2, 0.25) is 0 Å². The van der Waals surface area contributed by atoms with E-state index < -0.39 is 0 Å². The van der Waals surface area contributed by atoms with Crippen LogP contribution < -0.4 is 20.6 Å². The maximum absolute atomic E-state index is 12.4. The largest absolute Gasteiger partial charge is 0.483 e. The summed E-state index contributed by atoms with van der Waals surface area (Å²) in [5.74, 6) is 0.431. The van der Waals surface area contributed by atoms with Crippen LogP contribution in [0.3, 0.4) is 0 Å². The molecule has 162 valence electrons. The molecule has 1 aromatic heterocycles. The molecule has 6 heteroatoms. The van der Waals surface area contributed by atoms with Gasteiger partial charge in [-0.15, -0.1) is 0 Å². The number of nitrogens with one attached hydrogen (secondary N) is 2. The normalized spacial score (nSPS) is 18.6. The van der Waals surface area contributed by atoms with Crippen LogP contribution in [0.4, 0.5) is 0 Å². The number of hydrogen-bond acceptors (Lipinski definition) is 4. The average Bonchev–Trinajstić information content (AvgIpc) is 2.76. The molecule has 1 aliphatic heterocycles. The van der Waals surface area contributed by atoms with Crippen molar-refractivity contribution in [2.45, 2.75) is 39.3 Å². The van der Waals surface area contributed by atoms with Crippen LogP contribution in [0.5, 0.6) is 5.75 Å². The number of fused-ring (bicyclic) bond motifs is 1. The first-order valence-corrected chi connectivity index (χ1v) is 10.8. The van der Waals surface area contributed by atoms with Gasteiger partial charge in [0.15, 0.2) is 6.61 Å². The van der Waals surface area contributed by atoms with Gasteiger partial charge < -0.3 is 19.4 Å². The van der Waals surface area contributed by atoms with Crippen LogP contribution in [0.1, 0.15) is 29.5 Å². The smallest absolute Gasteiger partial charge is 0.336 e. The Hall–Kier alpha value is -3.12. The highest BCUT2D eigenvalue weighted by molar-refractivity contribution is 5.85. The number of rotatable bonds is 6. The van der Waals surface area contributed by atoms with Crippen molar-refractivity contribution in [3.63, 3.8) is 0 Å². The Balaban J connectivity index is 1.28. The SMILES string of the molecule is Cc1cc(=O)oc2c(C)c(OCC(=O)NC3CC[NH+](Cc4ccccc4)CC3)ccc12. The topological polar surface area (TPSA) is 73.0 Å². The lowest BCUT2D eigenvalue weighted by Crippen LogP contribution is -3.12. The van der Waals surface area contributed by atoms with Crippen LogP contribution in [-0.2, 0) is 11.3 Å². The third-order valence-corrected chi connectivity index (χ3v) is 6.03. The van der Waals surface area contributed by atoms with Crippen LogP contribution >= 0.6 is 0 Å². The number of ether oxygens (including phenoxy) is 1. The zero-order chi connectivity index (χ0) is 21.8. The quantitative estimate of drug-likeness (QED) is 0.599. The second-order valence-corrected chi connectivity index (χ2v) is 8.36. The number of amides is 1. The van der Waals surface area contributed by atoms with Crippen molar-refractivity contribution in [1.82, 2.24) is 5.32 Å². The van der Waals surface area contributed by atoms with E-state index in [0.29, 0.717) is 11.3 Å². The number of piperidine rings is 1. The lowest BCUT2D eigenvalue weighted by atomic mass is 10.0. The molecular formula is C25H29N2O4+. The summed E-state index contributed by atoms with van der Waals surface area (Å²) in [6, 6.07) is 15.9. The molecule has 0 bridgehead atoms. The van der Waals surface area contributed by atoms with Gasteiger partial charge in [-0.1, -0.05) is 30.3 Å². The summed E-state index contributed by atoms with van der Waals surface area (Å²) >= 11 is 0. The first-order chi connectivity index (χ1) is 15.0. The molecule has 1 aliphatic rings.